The number of benzene rings is 1. The minimum absolute atomic E-state index is 0.693. The highest BCUT2D eigenvalue weighted by atomic mass is 15.3. The van der Waals surface area contributed by atoms with E-state index in [0.29, 0.717) is 5.92 Å². The number of hydrogen-bond donors (Lipinski definition) is 0. The molecule has 4 heterocycles. The molecule has 150 valence electrons. The van der Waals surface area contributed by atoms with Crippen molar-refractivity contribution in [2.45, 2.75) is 57.4 Å². The number of hydrogen-bond acceptors (Lipinski definition) is 3. The summed E-state index contributed by atoms with van der Waals surface area (Å²) in [5.41, 5.74) is 8.30. The summed E-state index contributed by atoms with van der Waals surface area (Å²) in [5.74, 6) is 0.693. The molecule has 0 unspecified atom stereocenters. The zero-order valence-electron chi connectivity index (χ0n) is 17.2. The van der Waals surface area contributed by atoms with Crippen LogP contribution in [0.15, 0.2) is 54.9 Å². The SMILES string of the molecule is c1ccc(-c2nn3c(c2-c2ccnc4cc(C5CCCCC5)ccc24)CCC3)nc1. The quantitative estimate of drug-likeness (QED) is 0.418. The first-order valence-corrected chi connectivity index (χ1v) is 11.3. The van der Waals surface area contributed by atoms with Gasteiger partial charge in [0.15, 0.2) is 0 Å². The molecule has 3 aromatic heterocycles. The highest BCUT2D eigenvalue weighted by molar-refractivity contribution is 5.99. The minimum atomic E-state index is 0.693. The minimum Gasteiger partial charge on any atom is -0.268 e. The number of nitrogens with zero attached hydrogens (tertiary/aromatic N) is 4. The zero-order valence-corrected chi connectivity index (χ0v) is 17.2. The van der Waals surface area contributed by atoms with Gasteiger partial charge in [0, 0.05) is 35.6 Å². The molecular formula is C26H26N4. The van der Waals surface area contributed by atoms with Crippen LogP contribution in [0.2, 0.25) is 0 Å². The first-order chi connectivity index (χ1) is 14.9. The Hall–Kier alpha value is -3.01. The molecule has 1 aliphatic heterocycles. The van der Waals surface area contributed by atoms with E-state index < -0.39 is 0 Å². The van der Waals surface area contributed by atoms with E-state index in [0.717, 1.165) is 36.3 Å². The van der Waals surface area contributed by atoms with Crippen molar-refractivity contribution >= 4 is 10.9 Å². The van der Waals surface area contributed by atoms with Crippen LogP contribution < -0.4 is 0 Å². The Bertz CT molecular complexity index is 1200. The Labute approximate surface area is 177 Å². The zero-order chi connectivity index (χ0) is 19.9. The van der Waals surface area contributed by atoms with Gasteiger partial charge < -0.3 is 0 Å². The van der Waals surface area contributed by atoms with E-state index >= 15 is 0 Å². The Morgan fingerprint density at radius 3 is 2.67 bits per heavy atom. The number of pyridine rings is 2. The first kappa shape index (κ1) is 17.8. The third-order valence-corrected chi connectivity index (χ3v) is 6.86. The van der Waals surface area contributed by atoms with Gasteiger partial charge in [-0.1, -0.05) is 37.5 Å². The molecule has 4 heteroatoms. The van der Waals surface area contributed by atoms with Crippen molar-refractivity contribution in [2.75, 3.05) is 0 Å². The molecule has 0 bridgehead atoms. The molecule has 6 rings (SSSR count). The fourth-order valence-corrected chi connectivity index (χ4v) is 5.37. The molecule has 1 aromatic carbocycles. The van der Waals surface area contributed by atoms with Crippen molar-refractivity contribution in [2.24, 2.45) is 0 Å². The van der Waals surface area contributed by atoms with Crippen LogP contribution >= 0.6 is 0 Å². The Kier molecular flexibility index (Phi) is 4.37. The summed E-state index contributed by atoms with van der Waals surface area (Å²) in [5, 5.41) is 6.19. The summed E-state index contributed by atoms with van der Waals surface area (Å²) in [4.78, 5) is 9.37. The lowest BCUT2D eigenvalue weighted by atomic mass is 9.83. The Morgan fingerprint density at radius 1 is 0.867 bits per heavy atom. The maximum atomic E-state index is 4.97. The van der Waals surface area contributed by atoms with Gasteiger partial charge >= 0.3 is 0 Å². The monoisotopic (exact) mass is 394 g/mol. The number of fused-ring (bicyclic) bond motifs is 2. The van der Waals surface area contributed by atoms with Gasteiger partial charge in [-0.05, 0) is 67.0 Å². The third-order valence-electron chi connectivity index (χ3n) is 6.86. The van der Waals surface area contributed by atoms with Crippen LogP contribution in [0, 0.1) is 0 Å². The molecule has 0 N–H and O–H groups in total. The molecule has 0 radical (unpaired) electrons. The summed E-state index contributed by atoms with van der Waals surface area (Å²) in [7, 11) is 0. The maximum absolute atomic E-state index is 4.97. The number of rotatable bonds is 3. The van der Waals surface area contributed by atoms with Crippen molar-refractivity contribution in [3.8, 4) is 22.5 Å². The molecule has 0 saturated heterocycles. The Balaban J connectivity index is 1.52. The molecule has 30 heavy (non-hydrogen) atoms. The molecule has 1 saturated carbocycles. The predicted molar refractivity (Wildman–Crippen MR) is 120 cm³/mol. The van der Waals surface area contributed by atoms with Gasteiger partial charge in [-0.2, -0.15) is 5.10 Å². The van der Waals surface area contributed by atoms with Gasteiger partial charge in [-0.15, -0.1) is 0 Å². The summed E-state index contributed by atoms with van der Waals surface area (Å²) >= 11 is 0. The number of aryl methyl sites for hydroxylation is 1. The first-order valence-electron chi connectivity index (χ1n) is 11.3. The van der Waals surface area contributed by atoms with Crippen LogP contribution in [0.25, 0.3) is 33.4 Å². The van der Waals surface area contributed by atoms with Crippen LogP contribution in [0.3, 0.4) is 0 Å². The molecule has 2 aliphatic rings. The van der Waals surface area contributed by atoms with E-state index in [9.17, 15) is 0 Å². The topological polar surface area (TPSA) is 43.6 Å². The highest BCUT2D eigenvalue weighted by Crippen LogP contribution is 2.40. The van der Waals surface area contributed by atoms with Gasteiger partial charge in [0.05, 0.1) is 11.2 Å². The molecule has 4 nitrogen and oxygen atoms in total. The molecule has 1 fully saturated rings. The second-order valence-electron chi connectivity index (χ2n) is 8.68. The smallest absolute Gasteiger partial charge is 0.119 e. The van der Waals surface area contributed by atoms with Gasteiger partial charge in [0.2, 0.25) is 0 Å². The van der Waals surface area contributed by atoms with Crippen LogP contribution in [-0.4, -0.2) is 19.7 Å². The lowest BCUT2D eigenvalue weighted by molar-refractivity contribution is 0.444. The normalized spacial score (nSPS) is 16.8. The van der Waals surface area contributed by atoms with E-state index in [1.165, 1.54) is 59.9 Å². The van der Waals surface area contributed by atoms with E-state index in [1.54, 1.807) is 0 Å². The molecular weight excluding hydrogens is 368 g/mol. The van der Waals surface area contributed by atoms with E-state index in [1.807, 2.05) is 24.5 Å². The van der Waals surface area contributed by atoms with E-state index in [-0.39, 0.29) is 0 Å². The summed E-state index contributed by atoms with van der Waals surface area (Å²) in [6.07, 6.45) is 12.8. The van der Waals surface area contributed by atoms with Crippen molar-refractivity contribution in [3.05, 3.63) is 66.1 Å². The fraction of sp³-hybridized carbons (Fsp3) is 0.346. The van der Waals surface area contributed by atoms with Crippen molar-refractivity contribution < 1.29 is 0 Å². The molecule has 0 atom stereocenters. The van der Waals surface area contributed by atoms with Gasteiger partial charge in [0.25, 0.3) is 0 Å². The lowest BCUT2D eigenvalue weighted by Crippen LogP contribution is -2.04. The molecule has 4 aromatic rings. The maximum Gasteiger partial charge on any atom is 0.119 e. The average Bonchev–Trinajstić information content (AvgIpc) is 3.41. The van der Waals surface area contributed by atoms with Crippen LogP contribution in [0.4, 0.5) is 0 Å². The van der Waals surface area contributed by atoms with Crippen LogP contribution in [0.5, 0.6) is 0 Å². The van der Waals surface area contributed by atoms with E-state index in [4.69, 9.17) is 10.1 Å². The fourth-order valence-electron chi connectivity index (χ4n) is 5.37. The summed E-state index contributed by atoms with van der Waals surface area (Å²) in [6, 6.07) is 15.2. The largest absolute Gasteiger partial charge is 0.268 e. The second-order valence-corrected chi connectivity index (χ2v) is 8.68. The standard InChI is InChI=1S/C26H26N4/c1-2-7-18(8-3-1)19-11-12-20-21(13-15-28-23(20)17-19)25-24-10-6-16-30(24)29-26(25)22-9-4-5-14-27-22/h4-5,9,11-15,17-18H,1-3,6-8,10,16H2. The van der Waals surface area contributed by atoms with Crippen LogP contribution in [0.1, 0.15) is 55.7 Å². The summed E-state index contributed by atoms with van der Waals surface area (Å²) in [6.45, 7) is 0.990. The van der Waals surface area contributed by atoms with E-state index in [2.05, 4.69) is 40.0 Å². The molecule has 0 amide bonds. The third kappa shape index (κ3) is 2.94. The lowest BCUT2D eigenvalue weighted by Gasteiger charge is -2.22. The molecule has 0 spiro atoms. The average molecular weight is 395 g/mol. The van der Waals surface area contributed by atoms with Gasteiger partial charge in [-0.25, -0.2) is 0 Å². The van der Waals surface area contributed by atoms with Gasteiger partial charge in [0.1, 0.15) is 5.69 Å². The van der Waals surface area contributed by atoms with Gasteiger partial charge in [-0.3, -0.25) is 14.6 Å². The number of aromatic nitrogens is 4. The molecule has 1 aliphatic carbocycles. The van der Waals surface area contributed by atoms with Crippen LogP contribution in [-0.2, 0) is 13.0 Å². The predicted octanol–water partition coefficient (Wildman–Crippen LogP) is 6.15. The Morgan fingerprint density at radius 2 is 1.80 bits per heavy atom. The van der Waals surface area contributed by atoms with Crippen molar-refractivity contribution in [1.82, 2.24) is 19.7 Å². The second kappa shape index (κ2) is 7.35. The van der Waals surface area contributed by atoms with Crippen molar-refractivity contribution in [1.29, 1.82) is 0 Å². The summed E-state index contributed by atoms with van der Waals surface area (Å²) < 4.78 is 2.18. The van der Waals surface area contributed by atoms with Crippen molar-refractivity contribution in [3.63, 3.8) is 0 Å². The highest BCUT2D eigenvalue weighted by Gasteiger charge is 2.26.